The number of carboxylic acid groups (broad SMARTS) is 2. The van der Waals surface area contributed by atoms with Gasteiger partial charge in [0.05, 0.1) is 0 Å². The Kier molecular flexibility index (Phi) is 106. The molecule has 4 radical (unpaired) electrons. The molecule has 0 heterocycles. The summed E-state index contributed by atoms with van der Waals surface area (Å²) in [4.78, 5) is 18.0. The van der Waals surface area contributed by atoms with Crippen molar-refractivity contribution in [2.45, 2.75) is 13.8 Å². The molecule has 0 atom stereocenters. The van der Waals surface area contributed by atoms with Crippen molar-refractivity contribution in [3.05, 3.63) is 0 Å². The maximum Gasteiger partial charge on any atom is 0.300 e. The maximum absolute atomic E-state index is 9.00. The molecule has 0 bridgehead atoms. The van der Waals surface area contributed by atoms with Gasteiger partial charge < -0.3 is 26.6 Å². The van der Waals surface area contributed by atoms with Gasteiger partial charge in [-0.05, 0) is 0 Å². The summed E-state index contributed by atoms with van der Waals surface area (Å²) >= 11 is 0. The Bertz CT molecular complexity index is 73.4. The van der Waals surface area contributed by atoms with Gasteiger partial charge in [0.15, 0.2) is 0 Å². The van der Waals surface area contributed by atoms with Crippen molar-refractivity contribution >= 4 is 39.2 Å². The van der Waals surface area contributed by atoms with E-state index >= 15 is 0 Å². The van der Waals surface area contributed by atoms with E-state index in [2.05, 4.69) is 0 Å². The summed E-state index contributed by atoms with van der Waals surface area (Å²) in [5, 5.41) is 14.8. The molecule has 8 heteroatoms. The summed E-state index contributed by atoms with van der Waals surface area (Å²) in [6.07, 6.45) is 0. The number of hydrogen-bond donors (Lipinski definition) is 2. The molecule has 0 aliphatic heterocycles. The Morgan fingerprint density at radius 1 is 0.833 bits per heavy atom. The minimum absolute atomic E-state index is 0. The first-order valence-corrected chi connectivity index (χ1v) is 1.86. The third-order valence-electron chi connectivity index (χ3n) is 0. The van der Waals surface area contributed by atoms with E-state index in [0.717, 1.165) is 13.8 Å². The van der Waals surface area contributed by atoms with Crippen molar-refractivity contribution in [1.82, 2.24) is 0 Å². The molecular formula is C4H14O7Pb. The monoisotopic (exact) mass is 382 g/mol. The third kappa shape index (κ3) is 11200. The van der Waals surface area contributed by atoms with E-state index in [9.17, 15) is 0 Å². The predicted molar refractivity (Wildman–Crippen MR) is 43.2 cm³/mol. The second-order valence-corrected chi connectivity index (χ2v) is 1.04. The van der Waals surface area contributed by atoms with E-state index in [-0.39, 0.29) is 43.7 Å². The van der Waals surface area contributed by atoms with Gasteiger partial charge in [-0.2, -0.15) is 0 Å². The molecule has 76 valence electrons. The maximum atomic E-state index is 9.00. The van der Waals surface area contributed by atoms with Crippen LogP contribution in [0.2, 0.25) is 0 Å². The molecule has 0 aliphatic rings. The summed E-state index contributed by atoms with van der Waals surface area (Å²) in [6.45, 7) is 2.17. The molecule has 0 saturated carbocycles. The molecule has 0 aromatic carbocycles. The van der Waals surface area contributed by atoms with Gasteiger partial charge in [-0.3, -0.25) is 9.59 Å². The van der Waals surface area contributed by atoms with Crippen LogP contribution < -0.4 is 0 Å². The number of rotatable bonds is 0. The smallest absolute Gasteiger partial charge is 0.300 e. The van der Waals surface area contributed by atoms with Crippen molar-refractivity contribution in [2.75, 3.05) is 0 Å². The van der Waals surface area contributed by atoms with E-state index in [1.165, 1.54) is 0 Å². The van der Waals surface area contributed by atoms with Gasteiger partial charge in [0, 0.05) is 41.1 Å². The van der Waals surface area contributed by atoms with Gasteiger partial charge in [0.1, 0.15) is 0 Å². The van der Waals surface area contributed by atoms with Crippen molar-refractivity contribution in [3.63, 3.8) is 0 Å². The number of hydrogen-bond acceptors (Lipinski definition) is 2. The van der Waals surface area contributed by atoms with Gasteiger partial charge in [0.25, 0.3) is 11.9 Å². The molecule has 0 unspecified atom stereocenters. The molecule has 0 saturated heterocycles. The minimum Gasteiger partial charge on any atom is -0.481 e. The van der Waals surface area contributed by atoms with E-state index in [1.807, 2.05) is 0 Å². The number of carbonyl (C=O) groups is 2. The largest absolute Gasteiger partial charge is 0.481 e. The molecule has 0 aromatic rings. The fourth-order valence-corrected chi connectivity index (χ4v) is 0. The van der Waals surface area contributed by atoms with E-state index in [0.29, 0.717) is 0 Å². The zero-order valence-corrected chi connectivity index (χ0v) is 10.6. The zero-order valence-electron chi connectivity index (χ0n) is 6.71. The SMILES string of the molecule is CC(=O)O.CC(=O)O.O.O.O.[Pb]. The Hall–Kier alpha value is -0.258. The van der Waals surface area contributed by atoms with Crippen LogP contribution >= 0.6 is 0 Å². The Morgan fingerprint density at radius 2 is 0.833 bits per heavy atom. The topological polar surface area (TPSA) is 169 Å². The standard InChI is InChI=1S/2C2H4O2.3H2O.Pb/c2*1-2(3)4;;;;/h2*1H3,(H,3,4);3*1H2;. The average molecular weight is 381 g/mol. The van der Waals surface area contributed by atoms with Gasteiger partial charge >= 0.3 is 0 Å². The summed E-state index contributed by atoms with van der Waals surface area (Å²) in [6, 6.07) is 0. The van der Waals surface area contributed by atoms with Crippen LogP contribution in [0, 0.1) is 0 Å². The van der Waals surface area contributed by atoms with Crippen LogP contribution in [0.3, 0.4) is 0 Å². The molecule has 0 fully saturated rings. The molecular weight excluding hydrogens is 367 g/mol. The average Bonchev–Trinajstić information content (AvgIpc) is 1.25. The third-order valence-corrected chi connectivity index (χ3v) is 0. The van der Waals surface area contributed by atoms with Crippen molar-refractivity contribution in [2.24, 2.45) is 0 Å². The van der Waals surface area contributed by atoms with Crippen molar-refractivity contribution in [3.8, 4) is 0 Å². The quantitative estimate of drug-likeness (QED) is 0.436. The Balaban J connectivity index is -0.0000000112. The molecule has 0 spiro atoms. The summed E-state index contributed by atoms with van der Waals surface area (Å²) in [5.41, 5.74) is 0. The summed E-state index contributed by atoms with van der Waals surface area (Å²) in [5.74, 6) is -1.67. The Labute approximate surface area is 89.5 Å². The number of carboxylic acids is 2. The molecule has 0 rings (SSSR count). The van der Waals surface area contributed by atoms with Crippen LogP contribution in [0.25, 0.3) is 0 Å². The molecule has 12 heavy (non-hydrogen) atoms. The van der Waals surface area contributed by atoms with Crippen LogP contribution in [0.5, 0.6) is 0 Å². The van der Waals surface area contributed by atoms with Crippen molar-refractivity contribution in [1.29, 1.82) is 0 Å². The minimum atomic E-state index is -0.833. The molecule has 7 nitrogen and oxygen atoms in total. The van der Waals surface area contributed by atoms with E-state index in [4.69, 9.17) is 19.8 Å². The zero-order chi connectivity index (χ0) is 7.15. The van der Waals surface area contributed by atoms with Crippen LogP contribution in [-0.4, -0.2) is 65.9 Å². The second kappa shape index (κ2) is 30.9. The summed E-state index contributed by atoms with van der Waals surface area (Å²) < 4.78 is 0. The summed E-state index contributed by atoms with van der Waals surface area (Å²) in [7, 11) is 0. The van der Waals surface area contributed by atoms with E-state index < -0.39 is 11.9 Å². The van der Waals surface area contributed by atoms with Crippen LogP contribution in [0.4, 0.5) is 0 Å². The number of aliphatic carboxylic acids is 2. The van der Waals surface area contributed by atoms with Gasteiger partial charge in [-0.15, -0.1) is 0 Å². The molecule has 0 amide bonds. The van der Waals surface area contributed by atoms with Crippen molar-refractivity contribution < 1.29 is 36.2 Å². The van der Waals surface area contributed by atoms with Crippen LogP contribution in [0.1, 0.15) is 13.8 Å². The van der Waals surface area contributed by atoms with Gasteiger partial charge in [0.2, 0.25) is 0 Å². The molecule has 0 aromatic heterocycles. The fourth-order valence-electron chi connectivity index (χ4n) is 0. The van der Waals surface area contributed by atoms with E-state index in [1.54, 1.807) is 0 Å². The first-order chi connectivity index (χ1) is 3.46. The first kappa shape index (κ1) is 41.1. The molecule has 8 N–H and O–H groups in total. The normalized spacial score (nSPS) is 4.17. The van der Waals surface area contributed by atoms with Crippen LogP contribution in [0.15, 0.2) is 0 Å². The Morgan fingerprint density at radius 3 is 0.833 bits per heavy atom. The second-order valence-electron chi connectivity index (χ2n) is 1.04. The fraction of sp³-hybridized carbons (Fsp3) is 0.500. The van der Waals surface area contributed by atoms with Crippen LogP contribution in [-0.2, 0) is 9.59 Å². The predicted octanol–water partition coefficient (Wildman–Crippen LogP) is -2.67. The van der Waals surface area contributed by atoms with Gasteiger partial charge in [-0.25, -0.2) is 0 Å². The van der Waals surface area contributed by atoms with Gasteiger partial charge in [-0.1, -0.05) is 0 Å². The first-order valence-electron chi connectivity index (χ1n) is 1.86. The molecule has 0 aliphatic carbocycles.